The third-order valence-electron chi connectivity index (χ3n) is 13.7. The fraction of sp³-hybridized carbons (Fsp3) is 0.353. The molecular formula is C51H55N7O3S. The summed E-state index contributed by atoms with van der Waals surface area (Å²) >= 11 is 1.79. The number of anilines is 2. The number of aliphatic imine (C=N–C) groups is 1. The van der Waals surface area contributed by atoms with Crippen molar-refractivity contribution in [2.24, 2.45) is 4.99 Å². The monoisotopic (exact) mass is 845 g/mol. The van der Waals surface area contributed by atoms with Crippen molar-refractivity contribution in [2.75, 3.05) is 62.7 Å². The molecule has 0 radical (unpaired) electrons. The second kappa shape index (κ2) is 16.2. The van der Waals surface area contributed by atoms with Gasteiger partial charge in [0, 0.05) is 84.8 Å². The van der Waals surface area contributed by atoms with E-state index in [1.165, 1.54) is 38.4 Å². The molecule has 318 valence electrons. The van der Waals surface area contributed by atoms with E-state index in [4.69, 9.17) is 9.73 Å². The van der Waals surface area contributed by atoms with Crippen LogP contribution in [0.15, 0.2) is 96.0 Å². The molecule has 3 aliphatic heterocycles. The van der Waals surface area contributed by atoms with Crippen LogP contribution in [0.5, 0.6) is 11.5 Å². The molecular weight excluding hydrogens is 791 g/mol. The summed E-state index contributed by atoms with van der Waals surface area (Å²) in [6, 6.07) is 31.7. The molecule has 2 fully saturated rings. The number of hydrogen-bond acceptors (Lipinski definition) is 10. The number of thiophene rings is 1. The van der Waals surface area contributed by atoms with Crippen LogP contribution in [0.4, 0.5) is 11.4 Å². The first-order chi connectivity index (χ1) is 30.1. The number of aryl methyl sites for hydroxylation is 3. The smallest absolute Gasteiger partial charge is 0.162 e. The Hall–Kier alpha value is -5.75. The normalized spacial score (nSPS) is 18.8. The van der Waals surface area contributed by atoms with Crippen molar-refractivity contribution in [2.45, 2.75) is 65.0 Å². The molecule has 2 aromatic heterocycles. The largest absolute Gasteiger partial charge is 0.508 e. The van der Waals surface area contributed by atoms with Crippen LogP contribution in [0.2, 0.25) is 0 Å². The van der Waals surface area contributed by atoms with Gasteiger partial charge in [0.2, 0.25) is 0 Å². The minimum Gasteiger partial charge on any atom is -0.508 e. The Labute approximate surface area is 368 Å². The summed E-state index contributed by atoms with van der Waals surface area (Å²) in [4.78, 5) is 13.8. The third kappa shape index (κ3) is 7.29. The first kappa shape index (κ1) is 40.3. The van der Waals surface area contributed by atoms with E-state index in [0.29, 0.717) is 12.3 Å². The predicted molar refractivity (Wildman–Crippen MR) is 251 cm³/mol. The summed E-state index contributed by atoms with van der Waals surface area (Å²) in [6.07, 6.45) is 3.23. The maximum absolute atomic E-state index is 11.9. The maximum Gasteiger partial charge on any atom is 0.162 e. The quantitative estimate of drug-likeness (QED) is 0.157. The highest BCUT2D eigenvalue weighted by Crippen LogP contribution is 2.45. The van der Waals surface area contributed by atoms with Crippen molar-refractivity contribution in [1.29, 1.82) is 0 Å². The zero-order chi connectivity index (χ0) is 42.7. The van der Waals surface area contributed by atoms with E-state index in [2.05, 4.69) is 129 Å². The second-order valence-corrected chi connectivity index (χ2v) is 18.7. The lowest BCUT2D eigenvalue weighted by atomic mass is 9.79. The number of methoxy groups -OCH3 is 1. The third-order valence-corrected chi connectivity index (χ3v) is 14.9. The zero-order valence-electron chi connectivity index (χ0n) is 36.4. The van der Waals surface area contributed by atoms with Gasteiger partial charge in [-0.2, -0.15) is 0 Å². The van der Waals surface area contributed by atoms with E-state index >= 15 is 0 Å². The molecule has 2 N–H and O–H groups in total. The molecule has 4 aromatic carbocycles. The lowest BCUT2D eigenvalue weighted by molar-refractivity contribution is -0.0173. The Kier molecular flexibility index (Phi) is 10.5. The van der Waals surface area contributed by atoms with E-state index in [1.54, 1.807) is 24.5 Å². The van der Waals surface area contributed by atoms with Crippen LogP contribution in [-0.4, -0.2) is 94.1 Å². The number of allylic oxidation sites excluding steroid dienone is 1. The number of phenols is 1. The average Bonchev–Trinajstić information content (AvgIpc) is 3.78. The zero-order valence-corrected chi connectivity index (χ0v) is 37.2. The fourth-order valence-corrected chi connectivity index (χ4v) is 11.3. The summed E-state index contributed by atoms with van der Waals surface area (Å²) in [5.74, 6) is 2.92. The van der Waals surface area contributed by atoms with E-state index in [9.17, 15) is 10.2 Å². The average molecular weight is 846 g/mol. The van der Waals surface area contributed by atoms with Crippen LogP contribution in [0, 0.1) is 20.8 Å². The van der Waals surface area contributed by atoms with Gasteiger partial charge >= 0.3 is 0 Å². The molecule has 0 saturated carbocycles. The van der Waals surface area contributed by atoms with Crippen molar-refractivity contribution < 1.29 is 14.9 Å². The first-order valence-corrected chi connectivity index (χ1v) is 22.8. The van der Waals surface area contributed by atoms with Gasteiger partial charge in [0.25, 0.3) is 0 Å². The number of aliphatic hydroxyl groups is 1. The number of piperazine rings is 1. The molecule has 10 nitrogen and oxygen atoms in total. The van der Waals surface area contributed by atoms with Crippen LogP contribution >= 0.6 is 11.3 Å². The van der Waals surface area contributed by atoms with E-state index in [0.717, 1.165) is 121 Å². The lowest BCUT2D eigenvalue weighted by Crippen LogP contribution is -2.55. The highest BCUT2D eigenvalue weighted by Gasteiger charge is 2.36. The molecule has 6 aromatic rings. The molecule has 1 atom stereocenters. The molecule has 0 unspecified atom stereocenters. The number of hydrogen-bond donors (Lipinski definition) is 2. The van der Waals surface area contributed by atoms with Crippen molar-refractivity contribution >= 4 is 39.6 Å². The van der Waals surface area contributed by atoms with Crippen LogP contribution < -0.4 is 14.5 Å². The van der Waals surface area contributed by atoms with E-state index in [1.807, 2.05) is 13.0 Å². The predicted octanol–water partition coefficient (Wildman–Crippen LogP) is 8.94. The van der Waals surface area contributed by atoms with Crippen molar-refractivity contribution in [3.8, 4) is 16.5 Å². The number of benzene rings is 4. The Morgan fingerprint density at radius 3 is 2.23 bits per heavy atom. The number of fused-ring (bicyclic) bond motifs is 4. The maximum atomic E-state index is 11.9. The van der Waals surface area contributed by atoms with Crippen LogP contribution in [-0.2, 0) is 6.42 Å². The number of rotatable bonds is 8. The Morgan fingerprint density at radius 1 is 0.774 bits per heavy atom. The van der Waals surface area contributed by atoms with E-state index < -0.39 is 5.60 Å². The number of aromatic hydroxyl groups is 1. The van der Waals surface area contributed by atoms with E-state index in [-0.39, 0.29) is 6.04 Å². The summed E-state index contributed by atoms with van der Waals surface area (Å²) in [7, 11) is 1.76. The van der Waals surface area contributed by atoms with Gasteiger partial charge < -0.3 is 24.7 Å². The van der Waals surface area contributed by atoms with Gasteiger partial charge in [-0.25, -0.2) is 0 Å². The van der Waals surface area contributed by atoms with Gasteiger partial charge in [0.1, 0.15) is 28.4 Å². The molecule has 0 amide bonds. The molecule has 5 heterocycles. The number of β-amino-alcohol motifs (C(OH)–C–C–N with tert-alkyl or cyclic N) is 1. The highest BCUT2D eigenvalue weighted by molar-refractivity contribution is 7.15. The first-order valence-electron chi connectivity index (χ1n) is 22.0. The minimum atomic E-state index is -0.714. The van der Waals surface area contributed by atoms with Crippen molar-refractivity contribution in [3.05, 3.63) is 146 Å². The number of phenolic OH excluding ortho intramolecular Hbond substituents is 1. The second-order valence-electron chi connectivity index (χ2n) is 17.5. The van der Waals surface area contributed by atoms with Gasteiger partial charge in [-0.1, -0.05) is 48.5 Å². The topological polar surface area (TPSA) is 102 Å². The molecule has 0 bridgehead atoms. The Balaban J connectivity index is 0.788. The lowest BCUT2D eigenvalue weighted by Gasteiger charge is -2.44. The van der Waals surface area contributed by atoms with Crippen LogP contribution in [0.3, 0.4) is 0 Å². The number of nitrogens with zero attached hydrogens (tertiary/aromatic N) is 7. The fourth-order valence-electron chi connectivity index (χ4n) is 10.1. The van der Waals surface area contributed by atoms with Crippen LogP contribution in [0.25, 0.3) is 16.1 Å². The van der Waals surface area contributed by atoms with Crippen molar-refractivity contribution in [1.82, 2.24) is 19.7 Å². The SMILES string of the molecule is COc1cc(N2CCN(CC3(O)CCN(c4ccc(C5=N[C@@H](C)c6nnc(C)n6-c6sc(C)c(C)c65)cc4)CC3)CC2)ccc1C1=C(c2ccccc2)CCc2cc(O)ccc21. The summed E-state index contributed by atoms with van der Waals surface area (Å²) in [5.41, 5.74) is 13.2. The number of piperidine rings is 1. The molecule has 10 rings (SSSR count). The van der Waals surface area contributed by atoms with Crippen molar-refractivity contribution in [3.63, 3.8) is 0 Å². The molecule has 4 aliphatic rings. The van der Waals surface area contributed by atoms with Gasteiger partial charge in [-0.15, -0.1) is 21.5 Å². The summed E-state index contributed by atoms with van der Waals surface area (Å²) in [5, 5.41) is 32.3. The van der Waals surface area contributed by atoms with Gasteiger partial charge in [0.05, 0.1) is 18.4 Å². The molecule has 0 spiro atoms. The summed E-state index contributed by atoms with van der Waals surface area (Å²) < 4.78 is 8.32. The van der Waals surface area contributed by atoms with Gasteiger partial charge in [0.15, 0.2) is 5.82 Å². The number of ether oxygens (including phenoxy) is 1. The molecule has 62 heavy (non-hydrogen) atoms. The highest BCUT2D eigenvalue weighted by atomic mass is 32.1. The van der Waals surface area contributed by atoms with Crippen LogP contribution in [0.1, 0.15) is 87.7 Å². The number of aromatic nitrogens is 3. The summed E-state index contributed by atoms with van der Waals surface area (Å²) in [6.45, 7) is 14.3. The van der Waals surface area contributed by atoms with Gasteiger partial charge in [-0.05, 0) is 123 Å². The minimum absolute atomic E-state index is 0.112. The Morgan fingerprint density at radius 2 is 1.48 bits per heavy atom. The molecule has 2 saturated heterocycles. The molecule has 11 heteroatoms. The Bertz CT molecular complexity index is 2700. The molecule has 1 aliphatic carbocycles. The standard InChI is InChI=1S/C51H55N7O3S/c1-32-34(3)62-50-46(32)48(52-33(2)49-54-53-35(4)58(49)50)37-11-14-39(15-12-37)56-23-21-51(60,22-24-56)31-55-25-27-57(28-26-55)40-16-19-44(45(30-40)61-5)47-42(36-9-7-6-8-10-36)18-13-38-29-41(59)17-20-43(38)47/h6-12,14-17,19-20,29-30,33,59-60H,13,18,21-28,31H2,1-5H3/t33-/m0/s1. The van der Waals surface area contributed by atoms with Gasteiger partial charge in [-0.3, -0.25) is 14.5 Å².